The fraction of sp³-hybridized carbons (Fsp3) is 0.286. The van der Waals surface area contributed by atoms with Crippen LogP contribution in [0, 0.1) is 0 Å². The topological polar surface area (TPSA) is 38.7 Å². The van der Waals surface area contributed by atoms with Crippen molar-refractivity contribution in [3.05, 3.63) is 17.5 Å². The minimum atomic E-state index is 0.821. The van der Waals surface area contributed by atoms with E-state index in [9.17, 15) is 0 Å². The Balaban J connectivity index is 2.67. The molecule has 0 bridgehead atoms. The Morgan fingerprint density at radius 2 is 2.36 bits per heavy atom. The molecule has 56 valence electrons. The van der Waals surface area contributed by atoms with Gasteiger partial charge in [-0.15, -0.1) is 11.3 Å². The Hall–Kier alpha value is -1.03. The largest absolute Gasteiger partial charge is 0.240 e. The maximum Gasteiger partial charge on any atom is 0.173 e. The summed E-state index contributed by atoms with van der Waals surface area (Å²) in [5.74, 6) is 0.864. The molecule has 0 aliphatic carbocycles. The van der Waals surface area contributed by atoms with Crippen molar-refractivity contribution >= 4 is 21.7 Å². The van der Waals surface area contributed by atoms with Crippen molar-refractivity contribution in [1.82, 2.24) is 15.0 Å². The lowest BCUT2D eigenvalue weighted by Crippen LogP contribution is -1.90. The molecule has 0 atom stereocenters. The Morgan fingerprint density at radius 3 is 3.18 bits per heavy atom. The van der Waals surface area contributed by atoms with E-state index in [2.05, 4.69) is 15.0 Å². The van der Waals surface area contributed by atoms with Gasteiger partial charge in [-0.25, -0.2) is 15.0 Å². The summed E-state index contributed by atoms with van der Waals surface area (Å²) in [4.78, 5) is 12.5. The average Bonchev–Trinajstić information content (AvgIpc) is 2.50. The number of nitrogens with zero attached hydrogens (tertiary/aromatic N) is 3. The van der Waals surface area contributed by atoms with Crippen molar-refractivity contribution in [2.24, 2.45) is 0 Å². The number of rotatable bonds is 1. The highest BCUT2D eigenvalue weighted by Gasteiger charge is 1.98. The monoisotopic (exact) mass is 165 g/mol. The van der Waals surface area contributed by atoms with Gasteiger partial charge in [-0.3, -0.25) is 0 Å². The van der Waals surface area contributed by atoms with Crippen LogP contribution in [0.4, 0.5) is 0 Å². The SMILES string of the molecule is CCc1ncc2scnc2n1. The number of hydrogen-bond donors (Lipinski definition) is 0. The molecule has 0 saturated heterocycles. The van der Waals surface area contributed by atoms with E-state index in [1.54, 1.807) is 16.8 Å². The summed E-state index contributed by atoms with van der Waals surface area (Å²) in [6.45, 7) is 2.04. The molecule has 0 aromatic carbocycles. The molecule has 0 amide bonds. The predicted octanol–water partition coefficient (Wildman–Crippen LogP) is 1.65. The fourth-order valence-electron chi connectivity index (χ4n) is 0.876. The third-order valence-electron chi connectivity index (χ3n) is 1.46. The molecule has 3 nitrogen and oxygen atoms in total. The van der Waals surface area contributed by atoms with Crippen LogP contribution in [-0.2, 0) is 6.42 Å². The fourth-order valence-corrected chi connectivity index (χ4v) is 1.46. The van der Waals surface area contributed by atoms with Crippen LogP contribution in [0.25, 0.3) is 10.3 Å². The maximum absolute atomic E-state index is 4.24. The zero-order chi connectivity index (χ0) is 7.68. The maximum atomic E-state index is 4.24. The standard InChI is InChI=1S/C7H7N3S/c1-2-6-8-3-5-7(10-6)9-4-11-5/h3-4H,2H2,1H3. The smallest absolute Gasteiger partial charge is 0.173 e. The van der Waals surface area contributed by atoms with Gasteiger partial charge in [0.05, 0.1) is 16.4 Å². The van der Waals surface area contributed by atoms with Gasteiger partial charge in [0, 0.05) is 6.42 Å². The molecule has 11 heavy (non-hydrogen) atoms. The van der Waals surface area contributed by atoms with Gasteiger partial charge in [0.15, 0.2) is 5.65 Å². The first-order valence-electron chi connectivity index (χ1n) is 3.45. The second kappa shape index (κ2) is 2.54. The van der Waals surface area contributed by atoms with E-state index in [0.29, 0.717) is 0 Å². The second-order valence-electron chi connectivity index (χ2n) is 2.18. The zero-order valence-corrected chi connectivity index (χ0v) is 6.93. The summed E-state index contributed by atoms with van der Waals surface area (Å²) < 4.78 is 1.06. The normalized spacial score (nSPS) is 10.6. The van der Waals surface area contributed by atoms with Gasteiger partial charge in [-0.1, -0.05) is 6.92 Å². The lowest BCUT2D eigenvalue weighted by molar-refractivity contribution is 0.956. The molecule has 2 rings (SSSR count). The molecular weight excluding hydrogens is 158 g/mol. The lowest BCUT2D eigenvalue weighted by atomic mass is 10.4. The number of hydrogen-bond acceptors (Lipinski definition) is 4. The minimum absolute atomic E-state index is 0.821. The van der Waals surface area contributed by atoms with Crippen molar-refractivity contribution < 1.29 is 0 Å². The summed E-state index contributed by atoms with van der Waals surface area (Å²) >= 11 is 1.57. The third kappa shape index (κ3) is 1.09. The number of fused-ring (bicyclic) bond motifs is 1. The highest BCUT2D eigenvalue weighted by Crippen LogP contribution is 2.13. The first-order chi connectivity index (χ1) is 5.40. The van der Waals surface area contributed by atoms with Crippen LogP contribution < -0.4 is 0 Å². The quantitative estimate of drug-likeness (QED) is 0.645. The molecule has 0 aliphatic heterocycles. The van der Waals surface area contributed by atoms with E-state index in [-0.39, 0.29) is 0 Å². The van der Waals surface area contributed by atoms with Gasteiger partial charge in [0.2, 0.25) is 0 Å². The van der Waals surface area contributed by atoms with E-state index >= 15 is 0 Å². The van der Waals surface area contributed by atoms with Gasteiger partial charge >= 0.3 is 0 Å². The summed E-state index contributed by atoms with van der Waals surface area (Å²) in [6, 6.07) is 0. The van der Waals surface area contributed by atoms with Crippen molar-refractivity contribution in [2.45, 2.75) is 13.3 Å². The van der Waals surface area contributed by atoms with Crippen molar-refractivity contribution in [2.75, 3.05) is 0 Å². The van der Waals surface area contributed by atoms with Gasteiger partial charge in [-0.2, -0.15) is 0 Å². The third-order valence-corrected chi connectivity index (χ3v) is 2.21. The first kappa shape index (κ1) is 6.67. The van der Waals surface area contributed by atoms with Gasteiger partial charge < -0.3 is 0 Å². The molecule has 0 N–H and O–H groups in total. The molecule has 2 heterocycles. The van der Waals surface area contributed by atoms with Crippen molar-refractivity contribution in [1.29, 1.82) is 0 Å². The molecule has 0 spiro atoms. The van der Waals surface area contributed by atoms with Crippen LogP contribution in [0.5, 0.6) is 0 Å². The minimum Gasteiger partial charge on any atom is -0.240 e. The summed E-state index contributed by atoms with van der Waals surface area (Å²) in [5, 5.41) is 0. The number of aryl methyl sites for hydroxylation is 1. The average molecular weight is 165 g/mol. The molecule has 0 saturated carbocycles. The van der Waals surface area contributed by atoms with E-state index < -0.39 is 0 Å². The van der Waals surface area contributed by atoms with Crippen molar-refractivity contribution in [3.8, 4) is 0 Å². The predicted molar refractivity (Wildman–Crippen MR) is 44.6 cm³/mol. The van der Waals surface area contributed by atoms with E-state index in [1.807, 2.05) is 13.1 Å². The Bertz CT molecular complexity index is 368. The first-order valence-corrected chi connectivity index (χ1v) is 4.33. The van der Waals surface area contributed by atoms with Crippen LogP contribution in [-0.4, -0.2) is 15.0 Å². The van der Waals surface area contributed by atoms with Crippen LogP contribution in [0.1, 0.15) is 12.7 Å². The molecule has 2 aromatic heterocycles. The molecule has 0 unspecified atom stereocenters. The number of aromatic nitrogens is 3. The van der Waals surface area contributed by atoms with Gasteiger partial charge in [0.25, 0.3) is 0 Å². The molecule has 0 aliphatic rings. The number of thiazole rings is 1. The molecule has 2 aromatic rings. The summed E-state index contributed by atoms with van der Waals surface area (Å²) in [5.41, 5.74) is 2.61. The van der Waals surface area contributed by atoms with E-state index in [4.69, 9.17) is 0 Å². The Kier molecular flexibility index (Phi) is 1.54. The van der Waals surface area contributed by atoms with Crippen molar-refractivity contribution in [3.63, 3.8) is 0 Å². The van der Waals surface area contributed by atoms with E-state index in [0.717, 1.165) is 22.6 Å². The molecule has 0 fully saturated rings. The van der Waals surface area contributed by atoms with E-state index in [1.165, 1.54) is 0 Å². The van der Waals surface area contributed by atoms with Crippen LogP contribution in [0.2, 0.25) is 0 Å². The van der Waals surface area contributed by atoms with Crippen LogP contribution in [0.15, 0.2) is 11.7 Å². The van der Waals surface area contributed by atoms with Crippen LogP contribution in [0.3, 0.4) is 0 Å². The van der Waals surface area contributed by atoms with Gasteiger partial charge in [0.1, 0.15) is 5.82 Å². The Morgan fingerprint density at radius 1 is 1.45 bits per heavy atom. The highest BCUT2D eigenvalue weighted by molar-refractivity contribution is 7.16. The Labute approximate surface area is 68.1 Å². The summed E-state index contributed by atoms with van der Waals surface area (Å²) in [7, 11) is 0. The summed E-state index contributed by atoms with van der Waals surface area (Å²) in [6.07, 6.45) is 2.70. The van der Waals surface area contributed by atoms with Gasteiger partial charge in [-0.05, 0) is 0 Å². The zero-order valence-electron chi connectivity index (χ0n) is 6.11. The molecular formula is C7H7N3S. The van der Waals surface area contributed by atoms with Crippen LogP contribution >= 0.6 is 11.3 Å². The lowest BCUT2D eigenvalue weighted by Gasteiger charge is -1.91. The second-order valence-corrected chi connectivity index (χ2v) is 3.07. The molecule has 0 radical (unpaired) electrons. The molecule has 4 heteroatoms. The highest BCUT2D eigenvalue weighted by atomic mass is 32.1.